The number of rotatable bonds is 1. The van der Waals surface area contributed by atoms with Gasteiger partial charge in [0.1, 0.15) is 0 Å². The molecule has 0 aliphatic rings. The fourth-order valence-electron chi connectivity index (χ4n) is 2.24. The van der Waals surface area contributed by atoms with Gasteiger partial charge in [-0.05, 0) is 34.0 Å². The largest absolute Gasteiger partial charge is 0.417 e. The Balaban J connectivity index is 2.21. The molecule has 3 heteroatoms. The Hall–Kier alpha value is -2.29. The summed E-state index contributed by atoms with van der Waals surface area (Å²) in [5, 5.41) is 1.77. The zero-order chi connectivity index (χ0) is 14.2. The minimum atomic E-state index is -4.37. The molecule has 99 valence electrons. The van der Waals surface area contributed by atoms with Gasteiger partial charge in [0.05, 0.1) is 5.56 Å². The number of alkyl halides is 3. The summed E-state index contributed by atoms with van der Waals surface area (Å²) in [4.78, 5) is 0. The van der Waals surface area contributed by atoms with Crippen LogP contribution in [0.15, 0.2) is 60.7 Å². The van der Waals surface area contributed by atoms with Gasteiger partial charge in [0, 0.05) is 0 Å². The van der Waals surface area contributed by atoms with E-state index < -0.39 is 11.7 Å². The highest BCUT2D eigenvalue weighted by Gasteiger charge is 2.33. The third-order valence-electron chi connectivity index (χ3n) is 3.18. The van der Waals surface area contributed by atoms with Crippen molar-refractivity contribution in [3.63, 3.8) is 0 Å². The van der Waals surface area contributed by atoms with Crippen LogP contribution >= 0.6 is 0 Å². The summed E-state index contributed by atoms with van der Waals surface area (Å²) >= 11 is 0. The van der Waals surface area contributed by atoms with E-state index in [1.807, 2.05) is 30.3 Å². The summed E-state index contributed by atoms with van der Waals surface area (Å²) in [5.74, 6) is 0. The fourth-order valence-corrected chi connectivity index (χ4v) is 2.24. The number of hydrogen-bond donors (Lipinski definition) is 0. The maximum Gasteiger partial charge on any atom is 0.417 e. The van der Waals surface area contributed by atoms with Crippen LogP contribution in [-0.2, 0) is 6.18 Å². The minimum absolute atomic E-state index is 0.158. The highest BCUT2D eigenvalue weighted by molar-refractivity contribution is 5.87. The monoisotopic (exact) mass is 271 g/mol. The van der Waals surface area contributed by atoms with Crippen molar-refractivity contribution in [1.29, 1.82) is 0 Å². The first-order chi connectivity index (χ1) is 9.55. The number of benzene rings is 3. The summed E-state index contributed by atoms with van der Waals surface area (Å²) in [7, 11) is 0. The highest BCUT2D eigenvalue weighted by Crippen LogP contribution is 2.37. The van der Waals surface area contributed by atoms with E-state index >= 15 is 0 Å². The lowest BCUT2D eigenvalue weighted by atomic mass is 9.97. The molecule has 1 radical (unpaired) electrons. The van der Waals surface area contributed by atoms with Gasteiger partial charge in [-0.3, -0.25) is 0 Å². The molecule has 0 fully saturated rings. The third-order valence-corrected chi connectivity index (χ3v) is 3.18. The second kappa shape index (κ2) is 4.67. The van der Waals surface area contributed by atoms with Gasteiger partial charge < -0.3 is 0 Å². The molecule has 0 N–H and O–H groups in total. The molecular weight excluding hydrogens is 261 g/mol. The Morgan fingerprint density at radius 2 is 1.45 bits per heavy atom. The molecule has 0 nitrogen and oxygen atoms in total. The van der Waals surface area contributed by atoms with Crippen LogP contribution in [0.1, 0.15) is 5.56 Å². The predicted molar refractivity (Wildman–Crippen MR) is 73.2 cm³/mol. The zero-order valence-corrected chi connectivity index (χ0v) is 10.4. The molecule has 3 rings (SSSR count). The van der Waals surface area contributed by atoms with Crippen molar-refractivity contribution in [2.45, 2.75) is 6.18 Å². The molecule has 0 aromatic heterocycles. The molecule has 0 aliphatic carbocycles. The Labute approximate surface area is 114 Å². The lowest BCUT2D eigenvalue weighted by Gasteiger charge is -2.13. The van der Waals surface area contributed by atoms with Crippen LogP contribution in [-0.4, -0.2) is 0 Å². The van der Waals surface area contributed by atoms with Gasteiger partial charge in [-0.15, -0.1) is 0 Å². The number of fused-ring (bicyclic) bond motifs is 1. The van der Waals surface area contributed by atoms with Crippen molar-refractivity contribution in [1.82, 2.24) is 0 Å². The van der Waals surface area contributed by atoms with Crippen LogP contribution in [0.3, 0.4) is 0 Å². The van der Waals surface area contributed by atoms with Crippen LogP contribution in [0, 0.1) is 6.07 Å². The molecule has 0 saturated carbocycles. The van der Waals surface area contributed by atoms with E-state index in [4.69, 9.17) is 0 Å². The topological polar surface area (TPSA) is 0 Å². The maximum absolute atomic E-state index is 13.0. The van der Waals surface area contributed by atoms with Gasteiger partial charge in [-0.2, -0.15) is 13.2 Å². The molecular formula is C17H10F3. The van der Waals surface area contributed by atoms with Crippen molar-refractivity contribution in [3.8, 4) is 11.1 Å². The number of hydrogen-bond acceptors (Lipinski definition) is 0. The van der Waals surface area contributed by atoms with Crippen molar-refractivity contribution in [2.24, 2.45) is 0 Å². The SMILES string of the molecule is FC(F)(F)c1ccccc1-c1[c]c2ccccc2cc1. The first kappa shape index (κ1) is 12.7. The molecule has 3 aromatic rings. The predicted octanol–water partition coefficient (Wildman–Crippen LogP) is 5.33. The molecule has 0 heterocycles. The zero-order valence-electron chi connectivity index (χ0n) is 10.4. The van der Waals surface area contributed by atoms with Crippen LogP contribution in [0.2, 0.25) is 0 Å². The second-order valence-electron chi connectivity index (χ2n) is 4.50. The summed E-state index contributed by atoms with van der Waals surface area (Å²) in [6.07, 6.45) is -4.37. The van der Waals surface area contributed by atoms with Gasteiger partial charge >= 0.3 is 6.18 Å². The summed E-state index contributed by atoms with van der Waals surface area (Å²) < 4.78 is 39.1. The van der Waals surface area contributed by atoms with Gasteiger partial charge in [0.25, 0.3) is 0 Å². The Bertz CT molecular complexity index is 757. The Morgan fingerprint density at radius 3 is 2.25 bits per heavy atom. The first-order valence-corrected chi connectivity index (χ1v) is 6.13. The van der Waals surface area contributed by atoms with Gasteiger partial charge in [-0.1, -0.05) is 54.6 Å². The van der Waals surface area contributed by atoms with E-state index in [1.165, 1.54) is 12.1 Å². The van der Waals surface area contributed by atoms with E-state index in [-0.39, 0.29) is 5.56 Å². The van der Waals surface area contributed by atoms with Crippen molar-refractivity contribution in [2.75, 3.05) is 0 Å². The smallest absolute Gasteiger partial charge is 0.166 e. The van der Waals surface area contributed by atoms with E-state index in [0.717, 1.165) is 16.8 Å². The standard InChI is InChI=1S/C17H10F3/c18-17(19,20)16-8-4-3-7-15(16)14-10-9-12-5-1-2-6-13(12)11-14/h1-10H. The van der Waals surface area contributed by atoms with E-state index in [1.54, 1.807) is 12.1 Å². The van der Waals surface area contributed by atoms with Crippen molar-refractivity contribution < 1.29 is 13.2 Å². The number of halogens is 3. The van der Waals surface area contributed by atoms with Gasteiger partial charge in [-0.25, -0.2) is 0 Å². The summed E-state index contributed by atoms with van der Waals surface area (Å²) in [6, 6.07) is 19.6. The molecule has 20 heavy (non-hydrogen) atoms. The quantitative estimate of drug-likeness (QED) is 0.561. The van der Waals surface area contributed by atoms with Crippen LogP contribution < -0.4 is 0 Å². The van der Waals surface area contributed by atoms with Crippen LogP contribution in [0.4, 0.5) is 13.2 Å². The molecule has 0 saturated heterocycles. The molecule has 0 bridgehead atoms. The summed E-state index contributed by atoms with van der Waals surface area (Å²) in [6.45, 7) is 0. The molecule has 0 atom stereocenters. The lowest BCUT2D eigenvalue weighted by molar-refractivity contribution is -0.137. The molecule has 0 unspecified atom stereocenters. The van der Waals surface area contributed by atoms with Crippen molar-refractivity contribution in [3.05, 3.63) is 72.3 Å². The average Bonchev–Trinajstić information content (AvgIpc) is 2.46. The van der Waals surface area contributed by atoms with Crippen LogP contribution in [0.5, 0.6) is 0 Å². The maximum atomic E-state index is 13.0. The normalized spacial score (nSPS) is 11.8. The minimum Gasteiger partial charge on any atom is -0.166 e. The Kier molecular flexibility index (Phi) is 2.97. The lowest BCUT2D eigenvalue weighted by Crippen LogP contribution is -2.06. The summed E-state index contributed by atoms with van der Waals surface area (Å²) in [5.41, 5.74) is -0.0195. The molecule has 0 spiro atoms. The van der Waals surface area contributed by atoms with Gasteiger partial charge in [0.2, 0.25) is 0 Å². The van der Waals surface area contributed by atoms with E-state index in [2.05, 4.69) is 6.07 Å². The highest BCUT2D eigenvalue weighted by atomic mass is 19.4. The van der Waals surface area contributed by atoms with E-state index in [0.29, 0.717) is 5.56 Å². The average molecular weight is 271 g/mol. The van der Waals surface area contributed by atoms with Crippen LogP contribution in [0.25, 0.3) is 21.9 Å². The molecule has 0 aliphatic heterocycles. The third kappa shape index (κ3) is 2.27. The first-order valence-electron chi connectivity index (χ1n) is 6.13. The van der Waals surface area contributed by atoms with Crippen molar-refractivity contribution >= 4 is 10.8 Å². The Morgan fingerprint density at radius 1 is 0.750 bits per heavy atom. The second-order valence-corrected chi connectivity index (χ2v) is 4.50. The molecule has 0 amide bonds. The van der Waals surface area contributed by atoms with E-state index in [9.17, 15) is 13.2 Å². The fraction of sp³-hybridized carbons (Fsp3) is 0.0588. The van der Waals surface area contributed by atoms with Gasteiger partial charge in [0.15, 0.2) is 0 Å². The molecule has 3 aromatic carbocycles.